The van der Waals surface area contributed by atoms with E-state index in [1.54, 1.807) is 12.1 Å². The van der Waals surface area contributed by atoms with E-state index in [0.29, 0.717) is 23.6 Å². The Balaban J connectivity index is 1.48. The molecule has 0 aromatic heterocycles. The van der Waals surface area contributed by atoms with E-state index in [2.05, 4.69) is 29.8 Å². The van der Waals surface area contributed by atoms with Crippen LogP contribution in [0, 0.1) is 5.92 Å². The minimum absolute atomic E-state index is 0.0420. The highest BCUT2D eigenvalue weighted by Crippen LogP contribution is 2.29. The minimum atomic E-state index is -0.935. The van der Waals surface area contributed by atoms with Crippen LogP contribution in [0.15, 0.2) is 18.2 Å². The zero-order chi connectivity index (χ0) is 21.5. The Morgan fingerprint density at radius 1 is 1.03 bits per heavy atom. The average molecular weight is 412 g/mol. The number of benzene rings is 1. The molecule has 0 spiro atoms. The molecule has 3 aliphatic rings. The van der Waals surface area contributed by atoms with E-state index < -0.39 is 23.8 Å². The first-order chi connectivity index (χ1) is 14.3. The van der Waals surface area contributed by atoms with Gasteiger partial charge >= 0.3 is 0 Å². The number of rotatable bonds is 5. The lowest BCUT2D eigenvalue weighted by molar-refractivity contribution is -0.136. The summed E-state index contributed by atoms with van der Waals surface area (Å²) in [6.07, 6.45) is 2.52. The number of imide groups is 2. The molecule has 4 amide bonds. The van der Waals surface area contributed by atoms with Crippen LogP contribution in [0.2, 0.25) is 0 Å². The molecule has 1 unspecified atom stereocenters. The maximum absolute atomic E-state index is 12.9. The highest BCUT2D eigenvalue weighted by molar-refractivity contribution is 6.23. The predicted octanol–water partition coefficient (Wildman–Crippen LogP) is 0.956. The van der Waals surface area contributed by atoms with Crippen LogP contribution in [0.5, 0.6) is 0 Å². The van der Waals surface area contributed by atoms with E-state index in [1.165, 1.54) is 0 Å². The molecule has 2 saturated heterocycles. The molecule has 0 aliphatic carbocycles. The van der Waals surface area contributed by atoms with Gasteiger partial charge in [0.2, 0.25) is 11.8 Å². The van der Waals surface area contributed by atoms with Crippen molar-refractivity contribution in [2.45, 2.75) is 57.7 Å². The SMILES string of the molecule is CC(C)(NCc1ccc2c(c1)C(=O)N(C1CCC(=O)NC1=O)C2=O)C1CCNCC1. The van der Waals surface area contributed by atoms with E-state index in [0.717, 1.165) is 36.4 Å². The highest BCUT2D eigenvalue weighted by atomic mass is 16.2. The fourth-order valence-electron chi connectivity index (χ4n) is 4.65. The maximum atomic E-state index is 12.9. The van der Waals surface area contributed by atoms with Crippen LogP contribution in [-0.4, -0.2) is 53.2 Å². The number of piperidine rings is 2. The standard InChI is InChI=1S/C22H28N4O4/c1-22(2,14-7-9-23-10-8-14)24-12-13-3-4-15-16(11-13)21(30)26(20(15)29)17-5-6-18(27)25-19(17)28/h3-4,11,14,17,23-24H,5-10,12H2,1-2H3,(H,25,27,28). The molecule has 3 aliphatic heterocycles. The summed E-state index contributed by atoms with van der Waals surface area (Å²) in [5.74, 6) is -1.34. The first kappa shape index (κ1) is 20.7. The lowest BCUT2D eigenvalue weighted by Crippen LogP contribution is -2.54. The second kappa shape index (κ2) is 7.92. The van der Waals surface area contributed by atoms with Crippen LogP contribution in [0.1, 0.15) is 65.8 Å². The van der Waals surface area contributed by atoms with Gasteiger partial charge < -0.3 is 10.6 Å². The molecule has 0 saturated carbocycles. The average Bonchev–Trinajstić information content (AvgIpc) is 2.97. The first-order valence-corrected chi connectivity index (χ1v) is 10.6. The van der Waals surface area contributed by atoms with Crippen molar-refractivity contribution in [1.29, 1.82) is 0 Å². The van der Waals surface area contributed by atoms with Crippen LogP contribution in [0.25, 0.3) is 0 Å². The largest absolute Gasteiger partial charge is 0.317 e. The summed E-state index contributed by atoms with van der Waals surface area (Å²) in [4.78, 5) is 50.3. The van der Waals surface area contributed by atoms with Gasteiger partial charge in [0, 0.05) is 18.5 Å². The Labute approximate surface area is 175 Å². The lowest BCUT2D eigenvalue weighted by atomic mass is 9.80. The first-order valence-electron chi connectivity index (χ1n) is 10.6. The van der Waals surface area contributed by atoms with Crippen molar-refractivity contribution in [1.82, 2.24) is 20.9 Å². The number of fused-ring (bicyclic) bond motifs is 1. The third kappa shape index (κ3) is 3.77. The maximum Gasteiger partial charge on any atom is 0.262 e. The molecule has 2 fully saturated rings. The van der Waals surface area contributed by atoms with Crippen LogP contribution in [0.4, 0.5) is 0 Å². The molecular weight excluding hydrogens is 384 g/mol. The van der Waals surface area contributed by atoms with Crippen LogP contribution in [0.3, 0.4) is 0 Å². The van der Waals surface area contributed by atoms with Crippen molar-refractivity contribution in [3.63, 3.8) is 0 Å². The number of carbonyl (C=O) groups is 4. The zero-order valence-electron chi connectivity index (χ0n) is 17.4. The number of carbonyl (C=O) groups excluding carboxylic acids is 4. The second-order valence-corrected chi connectivity index (χ2v) is 8.93. The molecule has 3 heterocycles. The topological polar surface area (TPSA) is 108 Å². The van der Waals surface area contributed by atoms with E-state index in [4.69, 9.17) is 0 Å². The molecule has 160 valence electrons. The van der Waals surface area contributed by atoms with Crippen molar-refractivity contribution in [2.75, 3.05) is 13.1 Å². The Morgan fingerprint density at radius 2 is 1.73 bits per heavy atom. The number of amides is 4. The van der Waals surface area contributed by atoms with Gasteiger partial charge in [0.1, 0.15) is 6.04 Å². The quantitative estimate of drug-likeness (QED) is 0.622. The molecule has 8 heteroatoms. The third-order valence-electron chi connectivity index (χ3n) is 6.61. The van der Waals surface area contributed by atoms with E-state index in [9.17, 15) is 19.2 Å². The van der Waals surface area contributed by atoms with Gasteiger partial charge in [-0.1, -0.05) is 6.07 Å². The number of hydrogen-bond acceptors (Lipinski definition) is 6. The minimum Gasteiger partial charge on any atom is -0.317 e. The van der Waals surface area contributed by atoms with Crippen LogP contribution in [-0.2, 0) is 16.1 Å². The Morgan fingerprint density at radius 3 is 2.43 bits per heavy atom. The van der Waals surface area contributed by atoms with Gasteiger partial charge in [0.15, 0.2) is 0 Å². The van der Waals surface area contributed by atoms with Gasteiger partial charge in [-0.15, -0.1) is 0 Å². The fourth-order valence-corrected chi connectivity index (χ4v) is 4.65. The number of nitrogens with zero attached hydrogens (tertiary/aromatic N) is 1. The number of hydrogen-bond donors (Lipinski definition) is 3. The third-order valence-corrected chi connectivity index (χ3v) is 6.61. The zero-order valence-corrected chi connectivity index (χ0v) is 17.4. The summed E-state index contributed by atoms with van der Waals surface area (Å²) < 4.78 is 0. The Bertz CT molecular complexity index is 904. The summed E-state index contributed by atoms with van der Waals surface area (Å²) in [6.45, 7) is 7.05. The molecule has 0 radical (unpaired) electrons. The van der Waals surface area contributed by atoms with E-state index in [-0.39, 0.29) is 24.3 Å². The molecule has 4 rings (SSSR count). The van der Waals surface area contributed by atoms with Crippen molar-refractivity contribution in [2.24, 2.45) is 5.92 Å². The van der Waals surface area contributed by atoms with E-state index >= 15 is 0 Å². The van der Waals surface area contributed by atoms with Crippen LogP contribution < -0.4 is 16.0 Å². The van der Waals surface area contributed by atoms with Gasteiger partial charge in [-0.05, 0) is 69.8 Å². The summed E-state index contributed by atoms with van der Waals surface area (Å²) in [6, 6.07) is 4.32. The van der Waals surface area contributed by atoms with Gasteiger partial charge in [-0.25, -0.2) is 0 Å². The molecule has 0 bridgehead atoms. The van der Waals surface area contributed by atoms with Crippen LogP contribution >= 0.6 is 0 Å². The predicted molar refractivity (Wildman–Crippen MR) is 110 cm³/mol. The van der Waals surface area contributed by atoms with Gasteiger partial charge in [-0.2, -0.15) is 0 Å². The summed E-state index contributed by atoms with van der Waals surface area (Å²) in [5.41, 5.74) is 1.51. The smallest absolute Gasteiger partial charge is 0.262 e. The van der Waals surface area contributed by atoms with Crippen molar-refractivity contribution in [3.05, 3.63) is 34.9 Å². The van der Waals surface area contributed by atoms with Crippen molar-refractivity contribution >= 4 is 23.6 Å². The van der Waals surface area contributed by atoms with Crippen molar-refractivity contribution < 1.29 is 19.2 Å². The Hall–Kier alpha value is -2.58. The van der Waals surface area contributed by atoms with E-state index in [1.807, 2.05) is 6.07 Å². The fraction of sp³-hybridized carbons (Fsp3) is 0.545. The monoisotopic (exact) mass is 412 g/mol. The number of nitrogens with one attached hydrogen (secondary N) is 3. The molecule has 1 aromatic carbocycles. The molecular formula is C22H28N4O4. The van der Waals surface area contributed by atoms with Gasteiger partial charge in [0.05, 0.1) is 11.1 Å². The molecule has 30 heavy (non-hydrogen) atoms. The molecule has 8 nitrogen and oxygen atoms in total. The molecule has 1 atom stereocenters. The van der Waals surface area contributed by atoms with Gasteiger partial charge in [0.25, 0.3) is 11.8 Å². The second-order valence-electron chi connectivity index (χ2n) is 8.93. The summed E-state index contributed by atoms with van der Waals surface area (Å²) in [5, 5.41) is 9.21. The summed E-state index contributed by atoms with van der Waals surface area (Å²) >= 11 is 0. The highest BCUT2D eigenvalue weighted by Gasteiger charge is 2.44. The Kier molecular flexibility index (Phi) is 5.46. The molecule has 3 N–H and O–H groups in total. The lowest BCUT2D eigenvalue weighted by Gasteiger charge is -2.38. The molecule has 1 aromatic rings. The summed E-state index contributed by atoms with van der Waals surface area (Å²) in [7, 11) is 0. The van der Waals surface area contributed by atoms with Gasteiger partial charge in [-0.3, -0.25) is 29.4 Å². The normalized spacial score (nSPS) is 23.0. The van der Waals surface area contributed by atoms with Crippen molar-refractivity contribution in [3.8, 4) is 0 Å².